The maximum absolute atomic E-state index is 10.2. The first kappa shape index (κ1) is 16.9. The maximum atomic E-state index is 10.2. The van der Waals surface area contributed by atoms with E-state index >= 15 is 0 Å². The number of nitriles is 1. The van der Waals surface area contributed by atoms with Gasteiger partial charge in [0.1, 0.15) is 11.4 Å². The molecule has 3 aromatic rings. The van der Waals surface area contributed by atoms with Crippen molar-refractivity contribution in [3.63, 3.8) is 0 Å². The number of phenols is 1. The fourth-order valence-electron chi connectivity index (χ4n) is 3.18. The lowest BCUT2D eigenvalue weighted by Gasteiger charge is -2.15. The monoisotopic (exact) mass is 335 g/mol. The van der Waals surface area contributed by atoms with Crippen LogP contribution in [0.1, 0.15) is 50.3 Å². The summed E-state index contributed by atoms with van der Waals surface area (Å²) in [6.45, 7) is 6.27. The van der Waals surface area contributed by atoms with Crippen LogP contribution in [0.3, 0.4) is 0 Å². The molecule has 0 saturated carbocycles. The van der Waals surface area contributed by atoms with Gasteiger partial charge in [-0.15, -0.1) is 10.2 Å². The van der Waals surface area contributed by atoms with E-state index in [1.165, 1.54) is 6.07 Å². The van der Waals surface area contributed by atoms with Crippen molar-refractivity contribution in [2.45, 2.75) is 46.1 Å². The highest BCUT2D eigenvalue weighted by Crippen LogP contribution is 2.33. The Bertz CT molecular complexity index is 954. The Hall–Kier alpha value is -2.94. The minimum Gasteiger partial charge on any atom is -0.507 e. The van der Waals surface area contributed by atoms with Crippen LogP contribution in [0.4, 0.5) is 0 Å². The average molecular weight is 335 g/mol. The van der Waals surface area contributed by atoms with E-state index in [9.17, 15) is 5.11 Å². The van der Waals surface area contributed by atoms with Crippen LogP contribution < -0.4 is 0 Å². The van der Waals surface area contributed by atoms with Crippen molar-refractivity contribution in [1.82, 2.24) is 20.0 Å². The third kappa shape index (κ3) is 2.93. The maximum Gasteiger partial charge on any atom is 0.180 e. The highest BCUT2D eigenvalue weighted by Gasteiger charge is 2.18. The Morgan fingerprint density at radius 2 is 2.08 bits per heavy atom. The largest absolute Gasteiger partial charge is 0.507 e. The van der Waals surface area contributed by atoms with Crippen molar-refractivity contribution in [3.8, 4) is 23.1 Å². The van der Waals surface area contributed by atoms with Crippen LogP contribution in [0.5, 0.6) is 5.75 Å². The molecule has 25 heavy (non-hydrogen) atoms. The van der Waals surface area contributed by atoms with Crippen molar-refractivity contribution < 1.29 is 5.11 Å². The molecule has 1 N–H and O–H groups in total. The number of fused-ring (bicyclic) bond motifs is 1. The van der Waals surface area contributed by atoms with Crippen molar-refractivity contribution >= 4 is 11.0 Å². The molecule has 0 fully saturated rings. The fourth-order valence-corrected chi connectivity index (χ4v) is 3.18. The lowest BCUT2D eigenvalue weighted by Crippen LogP contribution is -2.10. The van der Waals surface area contributed by atoms with E-state index in [1.54, 1.807) is 12.1 Å². The van der Waals surface area contributed by atoms with Crippen molar-refractivity contribution in [2.24, 2.45) is 0 Å². The first-order valence-electron chi connectivity index (χ1n) is 8.54. The number of rotatable bonds is 5. The topological polar surface area (TPSA) is 87.6 Å². The van der Waals surface area contributed by atoms with Gasteiger partial charge in [0.2, 0.25) is 0 Å². The molecule has 0 radical (unpaired) electrons. The third-order valence-electron chi connectivity index (χ3n) is 4.59. The average Bonchev–Trinajstić information content (AvgIpc) is 3.05. The zero-order chi connectivity index (χ0) is 18.0. The first-order chi connectivity index (χ1) is 12.1. The second-order valence-electron chi connectivity index (χ2n) is 6.19. The molecular formula is C19H21N5O. The molecule has 0 amide bonds. The molecule has 2 aromatic heterocycles. The van der Waals surface area contributed by atoms with Crippen LogP contribution in [0, 0.1) is 18.3 Å². The summed E-state index contributed by atoms with van der Waals surface area (Å²) in [7, 11) is 0. The van der Waals surface area contributed by atoms with E-state index in [4.69, 9.17) is 5.26 Å². The minimum absolute atomic E-state index is 0.0283. The Labute approximate surface area is 146 Å². The standard InChI is InChI=1S/C19H21N5O/c1-4-6-14(5-2)24-19-16(11-21-24)12(3)18(22-23-19)15-8-7-13(10-20)9-17(15)25/h7-9,11,14,25H,4-6H2,1-3H3. The van der Waals surface area contributed by atoms with Gasteiger partial charge in [-0.2, -0.15) is 10.4 Å². The molecule has 1 atom stereocenters. The van der Waals surface area contributed by atoms with Gasteiger partial charge < -0.3 is 5.11 Å². The van der Waals surface area contributed by atoms with Gasteiger partial charge in [-0.05, 0) is 43.5 Å². The molecule has 6 nitrogen and oxygen atoms in total. The normalized spacial score (nSPS) is 12.2. The van der Waals surface area contributed by atoms with Crippen LogP contribution in [0.2, 0.25) is 0 Å². The highest BCUT2D eigenvalue weighted by molar-refractivity contribution is 5.85. The predicted molar refractivity (Wildman–Crippen MR) is 96.1 cm³/mol. The van der Waals surface area contributed by atoms with E-state index in [0.717, 1.165) is 35.9 Å². The third-order valence-corrected chi connectivity index (χ3v) is 4.59. The lowest BCUT2D eigenvalue weighted by atomic mass is 10.0. The Kier molecular flexibility index (Phi) is 4.66. The minimum atomic E-state index is 0.0283. The first-order valence-corrected chi connectivity index (χ1v) is 8.54. The zero-order valence-electron chi connectivity index (χ0n) is 14.7. The van der Waals surface area contributed by atoms with Crippen molar-refractivity contribution in [3.05, 3.63) is 35.5 Å². The summed E-state index contributed by atoms with van der Waals surface area (Å²) in [6, 6.07) is 7.14. The van der Waals surface area contributed by atoms with Crippen LogP contribution >= 0.6 is 0 Å². The molecule has 2 heterocycles. The molecule has 0 bridgehead atoms. The van der Waals surface area contributed by atoms with Gasteiger partial charge in [-0.1, -0.05) is 20.3 Å². The van der Waals surface area contributed by atoms with Gasteiger partial charge in [0.25, 0.3) is 0 Å². The molecule has 1 unspecified atom stereocenters. The molecule has 1 aromatic carbocycles. The van der Waals surface area contributed by atoms with E-state index < -0.39 is 0 Å². The summed E-state index contributed by atoms with van der Waals surface area (Å²) in [6.07, 6.45) is 4.95. The van der Waals surface area contributed by atoms with E-state index in [0.29, 0.717) is 22.9 Å². The zero-order valence-corrected chi connectivity index (χ0v) is 14.7. The summed E-state index contributed by atoms with van der Waals surface area (Å²) in [4.78, 5) is 0. The Morgan fingerprint density at radius 3 is 2.72 bits per heavy atom. The van der Waals surface area contributed by atoms with Gasteiger partial charge in [0.15, 0.2) is 5.65 Å². The van der Waals surface area contributed by atoms with E-state index in [1.807, 2.05) is 23.9 Å². The highest BCUT2D eigenvalue weighted by atomic mass is 16.3. The number of aromatic hydroxyl groups is 1. The van der Waals surface area contributed by atoms with Crippen LogP contribution in [0.25, 0.3) is 22.3 Å². The number of phenolic OH excluding ortho intramolecular Hbond substituents is 1. The second kappa shape index (κ2) is 6.89. The van der Waals surface area contributed by atoms with Crippen LogP contribution in [0.15, 0.2) is 24.4 Å². The summed E-state index contributed by atoms with van der Waals surface area (Å²) in [5.41, 5.74) is 3.28. The summed E-state index contributed by atoms with van der Waals surface area (Å²) >= 11 is 0. The Balaban J connectivity index is 2.12. The van der Waals surface area contributed by atoms with Crippen LogP contribution in [-0.2, 0) is 0 Å². The van der Waals surface area contributed by atoms with Gasteiger partial charge in [0.05, 0.1) is 23.9 Å². The lowest BCUT2D eigenvalue weighted by molar-refractivity contribution is 0.418. The van der Waals surface area contributed by atoms with Crippen LogP contribution in [-0.4, -0.2) is 25.1 Å². The molecular weight excluding hydrogens is 314 g/mol. The second-order valence-corrected chi connectivity index (χ2v) is 6.19. The van der Waals surface area contributed by atoms with E-state index in [2.05, 4.69) is 29.1 Å². The van der Waals surface area contributed by atoms with Gasteiger partial charge in [0, 0.05) is 10.9 Å². The van der Waals surface area contributed by atoms with Crippen molar-refractivity contribution in [1.29, 1.82) is 5.26 Å². The number of nitrogens with zero attached hydrogens (tertiary/aromatic N) is 5. The summed E-state index contributed by atoms with van der Waals surface area (Å²) in [5.74, 6) is 0.0283. The van der Waals surface area contributed by atoms with Gasteiger partial charge >= 0.3 is 0 Å². The molecule has 6 heteroatoms. The number of benzene rings is 1. The predicted octanol–water partition coefficient (Wildman–Crippen LogP) is 4.13. The number of aryl methyl sites for hydroxylation is 1. The number of aromatic nitrogens is 4. The molecule has 3 rings (SSSR count). The van der Waals surface area contributed by atoms with Crippen molar-refractivity contribution in [2.75, 3.05) is 0 Å². The quantitative estimate of drug-likeness (QED) is 0.757. The summed E-state index contributed by atoms with van der Waals surface area (Å²) < 4.78 is 1.96. The smallest absolute Gasteiger partial charge is 0.180 e. The molecule has 0 saturated heterocycles. The molecule has 0 spiro atoms. The SMILES string of the molecule is CCCC(CC)n1ncc2c(C)c(-c3ccc(C#N)cc3O)nnc21. The number of hydrogen-bond acceptors (Lipinski definition) is 5. The molecule has 128 valence electrons. The fraction of sp³-hybridized carbons (Fsp3) is 0.368. The molecule has 0 aliphatic carbocycles. The van der Waals surface area contributed by atoms with Gasteiger partial charge in [-0.25, -0.2) is 4.68 Å². The molecule has 0 aliphatic heterocycles. The van der Waals surface area contributed by atoms with E-state index in [-0.39, 0.29) is 5.75 Å². The summed E-state index contributed by atoms with van der Waals surface area (Å²) in [5, 5.41) is 33.4. The Morgan fingerprint density at radius 1 is 1.28 bits per heavy atom. The molecule has 0 aliphatic rings. The van der Waals surface area contributed by atoms with Gasteiger partial charge in [-0.3, -0.25) is 0 Å². The number of hydrogen-bond donors (Lipinski definition) is 1.